The number of ether oxygens (including phenoxy) is 5. The fourth-order valence-corrected chi connectivity index (χ4v) is 5.53. The van der Waals surface area contributed by atoms with Crippen LogP contribution < -0.4 is 0 Å². The Morgan fingerprint density at radius 3 is 1.95 bits per heavy atom. The summed E-state index contributed by atoms with van der Waals surface area (Å²) in [6.45, 7) is 3.56. The van der Waals surface area contributed by atoms with Gasteiger partial charge in [0.25, 0.3) is 0 Å². The molecule has 0 aromatic heterocycles. The SMILES string of the molecule is CC1(C)O[C@@H]2[C@@H](OC(=O)c3ccccc3)[C@H](Sc3ccccc3)O[C@H](COC(=O)c3ccccc3)[C@H]2O1. The average Bonchev–Trinajstić information content (AvgIpc) is 3.25. The second-order valence-corrected chi connectivity index (χ2v) is 10.4. The number of hydrogen-bond acceptors (Lipinski definition) is 8. The standard InChI is InChI=1S/C29H28O7S/c1-29(2)35-23-22(18-32-26(30)19-12-6-3-7-13-19)33-28(37-21-16-10-5-11-17-21)25(24(23)36-29)34-27(31)20-14-8-4-9-15-20/h3-17,22-25,28H,18H2,1-2H3/t22-,23-,24+,25-,28+/m1/s1. The molecule has 192 valence electrons. The van der Waals surface area contributed by atoms with E-state index in [9.17, 15) is 9.59 Å². The Kier molecular flexibility index (Phi) is 7.62. The molecule has 2 aliphatic heterocycles. The number of benzene rings is 3. The number of carbonyl (C=O) groups excluding carboxylic acids is 2. The summed E-state index contributed by atoms with van der Waals surface area (Å²) in [6, 6.07) is 27.3. The molecule has 0 N–H and O–H groups in total. The van der Waals surface area contributed by atoms with Crippen molar-refractivity contribution in [1.82, 2.24) is 0 Å². The Morgan fingerprint density at radius 2 is 1.32 bits per heavy atom. The van der Waals surface area contributed by atoms with E-state index in [0.29, 0.717) is 11.1 Å². The zero-order chi connectivity index (χ0) is 25.8. The normalized spacial score (nSPS) is 26.2. The smallest absolute Gasteiger partial charge is 0.338 e. The molecule has 3 aromatic rings. The van der Waals surface area contributed by atoms with Crippen molar-refractivity contribution in [2.45, 2.75) is 54.4 Å². The van der Waals surface area contributed by atoms with Crippen molar-refractivity contribution >= 4 is 23.7 Å². The highest BCUT2D eigenvalue weighted by Gasteiger charge is 2.57. The van der Waals surface area contributed by atoms with Crippen molar-refractivity contribution in [1.29, 1.82) is 0 Å². The molecule has 8 heteroatoms. The van der Waals surface area contributed by atoms with E-state index in [-0.39, 0.29) is 6.61 Å². The predicted octanol–water partition coefficient (Wildman–Crippen LogP) is 5.11. The Balaban J connectivity index is 1.40. The number of esters is 2. The van der Waals surface area contributed by atoms with E-state index >= 15 is 0 Å². The lowest BCUT2D eigenvalue weighted by Crippen LogP contribution is -2.57. The summed E-state index contributed by atoms with van der Waals surface area (Å²) in [5, 5.41) is 0. The third-order valence-electron chi connectivity index (χ3n) is 6.07. The van der Waals surface area contributed by atoms with Crippen molar-refractivity contribution in [2.24, 2.45) is 0 Å². The van der Waals surface area contributed by atoms with Gasteiger partial charge in [0.2, 0.25) is 0 Å². The van der Waals surface area contributed by atoms with Gasteiger partial charge in [-0.2, -0.15) is 0 Å². The third-order valence-corrected chi connectivity index (χ3v) is 7.22. The van der Waals surface area contributed by atoms with E-state index in [4.69, 9.17) is 23.7 Å². The molecule has 5 rings (SSSR count). The molecule has 0 amide bonds. The van der Waals surface area contributed by atoms with Crippen LogP contribution in [0.1, 0.15) is 34.6 Å². The maximum absolute atomic E-state index is 13.1. The minimum Gasteiger partial charge on any atom is -0.459 e. The van der Waals surface area contributed by atoms with Crippen LogP contribution in [0.2, 0.25) is 0 Å². The van der Waals surface area contributed by atoms with Gasteiger partial charge in [0.15, 0.2) is 11.9 Å². The number of thioether (sulfide) groups is 1. The van der Waals surface area contributed by atoms with Crippen molar-refractivity contribution in [3.8, 4) is 0 Å². The van der Waals surface area contributed by atoms with Crippen LogP contribution in [0.15, 0.2) is 95.9 Å². The molecule has 37 heavy (non-hydrogen) atoms. The van der Waals surface area contributed by atoms with Crippen LogP contribution >= 0.6 is 11.8 Å². The fourth-order valence-electron chi connectivity index (χ4n) is 4.41. The first-order valence-electron chi connectivity index (χ1n) is 12.1. The Labute approximate surface area is 220 Å². The van der Waals surface area contributed by atoms with Crippen molar-refractivity contribution in [2.75, 3.05) is 6.61 Å². The molecule has 0 saturated carbocycles. The Hall–Kier alpha value is -3.17. The molecule has 0 unspecified atom stereocenters. The van der Waals surface area contributed by atoms with Gasteiger partial charge in [0, 0.05) is 4.90 Å². The van der Waals surface area contributed by atoms with Crippen LogP contribution in [-0.4, -0.2) is 54.2 Å². The second-order valence-electron chi connectivity index (χ2n) is 9.24. The van der Waals surface area contributed by atoms with E-state index in [1.807, 2.05) is 42.5 Å². The maximum Gasteiger partial charge on any atom is 0.338 e. The third kappa shape index (κ3) is 6.05. The van der Waals surface area contributed by atoms with Crippen LogP contribution in [-0.2, 0) is 23.7 Å². The number of rotatable bonds is 7. The van der Waals surface area contributed by atoms with Crippen molar-refractivity contribution in [3.63, 3.8) is 0 Å². The summed E-state index contributed by atoms with van der Waals surface area (Å²) in [7, 11) is 0. The highest BCUT2D eigenvalue weighted by Crippen LogP contribution is 2.43. The fraction of sp³-hybridized carbons (Fsp3) is 0.310. The van der Waals surface area contributed by atoms with Crippen LogP contribution in [0.3, 0.4) is 0 Å². The highest BCUT2D eigenvalue weighted by molar-refractivity contribution is 7.99. The topological polar surface area (TPSA) is 80.3 Å². The van der Waals surface area contributed by atoms with Gasteiger partial charge in [-0.1, -0.05) is 66.4 Å². The summed E-state index contributed by atoms with van der Waals surface area (Å²) in [5.41, 5.74) is 0.248. The predicted molar refractivity (Wildman–Crippen MR) is 137 cm³/mol. The summed E-state index contributed by atoms with van der Waals surface area (Å²) in [4.78, 5) is 26.6. The Bertz CT molecular complexity index is 1200. The van der Waals surface area contributed by atoms with Gasteiger partial charge in [-0.15, -0.1) is 0 Å². The molecular weight excluding hydrogens is 492 g/mol. The maximum atomic E-state index is 13.1. The van der Waals surface area contributed by atoms with Gasteiger partial charge in [0.1, 0.15) is 30.4 Å². The van der Waals surface area contributed by atoms with Crippen LogP contribution in [0.5, 0.6) is 0 Å². The molecule has 2 saturated heterocycles. The molecule has 2 heterocycles. The quantitative estimate of drug-likeness (QED) is 0.398. The molecule has 0 radical (unpaired) electrons. The minimum absolute atomic E-state index is 0.0421. The van der Waals surface area contributed by atoms with Gasteiger partial charge in [-0.3, -0.25) is 0 Å². The lowest BCUT2D eigenvalue weighted by molar-refractivity contribution is -0.170. The van der Waals surface area contributed by atoms with E-state index in [1.54, 1.807) is 62.4 Å². The first-order valence-corrected chi connectivity index (χ1v) is 13.0. The summed E-state index contributed by atoms with van der Waals surface area (Å²) in [6.07, 6.45) is -2.64. The molecule has 2 fully saturated rings. The second kappa shape index (κ2) is 11.1. The van der Waals surface area contributed by atoms with Crippen molar-refractivity contribution < 1.29 is 33.3 Å². The van der Waals surface area contributed by atoms with E-state index in [2.05, 4.69) is 0 Å². The molecule has 2 aliphatic rings. The molecule has 5 atom stereocenters. The van der Waals surface area contributed by atoms with Crippen molar-refractivity contribution in [3.05, 3.63) is 102 Å². The molecule has 3 aromatic carbocycles. The average molecular weight is 521 g/mol. The van der Waals surface area contributed by atoms with Gasteiger partial charge < -0.3 is 23.7 Å². The van der Waals surface area contributed by atoms with Crippen LogP contribution in [0.4, 0.5) is 0 Å². The lowest BCUT2D eigenvalue weighted by atomic mass is 10.00. The van der Waals surface area contributed by atoms with E-state index in [0.717, 1.165) is 4.90 Å². The van der Waals surface area contributed by atoms with Crippen LogP contribution in [0.25, 0.3) is 0 Å². The Morgan fingerprint density at radius 1 is 0.784 bits per heavy atom. The first-order chi connectivity index (χ1) is 17.9. The van der Waals surface area contributed by atoms with Gasteiger partial charge in [-0.25, -0.2) is 9.59 Å². The van der Waals surface area contributed by atoms with Crippen LogP contribution in [0, 0.1) is 0 Å². The van der Waals surface area contributed by atoms with Gasteiger partial charge in [0.05, 0.1) is 11.1 Å². The lowest BCUT2D eigenvalue weighted by Gasteiger charge is -2.41. The zero-order valence-electron chi connectivity index (χ0n) is 20.5. The molecule has 0 aliphatic carbocycles. The highest BCUT2D eigenvalue weighted by atomic mass is 32.2. The molecule has 0 bridgehead atoms. The summed E-state index contributed by atoms with van der Waals surface area (Å²) >= 11 is 1.42. The minimum atomic E-state index is -0.940. The van der Waals surface area contributed by atoms with Gasteiger partial charge >= 0.3 is 11.9 Å². The number of fused-ring (bicyclic) bond motifs is 1. The summed E-state index contributed by atoms with van der Waals surface area (Å²) in [5.74, 6) is -1.87. The molecule has 0 spiro atoms. The number of hydrogen-bond donors (Lipinski definition) is 0. The van der Waals surface area contributed by atoms with E-state index < -0.39 is 47.6 Å². The van der Waals surface area contributed by atoms with Gasteiger partial charge in [-0.05, 0) is 50.2 Å². The number of carbonyl (C=O) groups is 2. The first kappa shape index (κ1) is 25.5. The largest absolute Gasteiger partial charge is 0.459 e. The zero-order valence-corrected chi connectivity index (χ0v) is 21.3. The monoisotopic (exact) mass is 520 g/mol. The molecular formula is C29H28O7S. The van der Waals surface area contributed by atoms with E-state index in [1.165, 1.54) is 11.8 Å². The summed E-state index contributed by atoms with van der Waals surface area (Å²) < 4.78 is 30.5. The molecule has 7 nitrogen and oxygen atoms in total.